The van der Waals surface area contributed by atoms with Gasteiger partial charge in [0.1, 0.15) is 18.2 Å². The second-order valence-corrected chi connectivity index (χ2v) is 2.96. The quantitative estimate of drug-likeness (QED) is 0.563. The Balaban J connectivity index is 2.02. The number of aromatic nitrogens is 2. The van der Waals surface area contributed by atoms with Gasteiger partial charge in [0.25, 0.3) is 5.82 Å². The van der Waals surface area contributed by atoms with E-state index in [9.17, 15) is 5.21 Å². The van der Waals surface area contributed by atoms with Crippen LogP contribution in [0.2, 0.25) is 0 Å². The highest BCUT2D eigenvalue weighted by atomic mass is 16.5. The Morgan fingerprint density at radius 3 is 3.13 bits per heavy atom. The van der Waals surface area contributed by atoms with Crippen LogP contribution >= 0.6 is 0 Å². The highest BCUT2D eigenvalue weighted by molar-refractivity contribution is 5.32. The number of nitrogens with one attached hydrogen (secondary N) is 1. The molecule has 0 aliphatic heterocycles. The molecule has 2 aromatic heterocycles. The Morgan fingerprint density at radius 1 is 1.60 bits per heavy atom. The largest absolute Gasteiger partial charge is 0.710 e. The molecule has 2 aromatic rings. The number of nitrogens with two attached hydrogens (primary N) is 1. The molecule has 15 heavy (non-hydrogen) atoms. The molecule has 0 fully saturated rings. The molecule has 6 heteroatoms. The molecule has 0 aliphatic carbocycles. The van der Waals surface area contributed by atoms with Gasteiger partial charge in [-0.1, -0.05) is 0 Å². The number of hydrogen-bond donors (Lipinski definition) is 2. The van der Waals surface area contributed by atoms with Gasteiger partial charge in [-0.25, -0.2) is 9.71 Å². The van der Waals surface area contributed by atoms with Crippen LogP contribution in [0.25, 0.3) is 0 Å². The maximum atomic E-state index is 11.1. The lowest BCUT2D eigenvalue weighted by Gasteiger charge is -2.07. The first kappa shape index (κ1) is 9.32. The Bertz CT molecular complexity index is 441. The summed E-state index contributed by atoms with van der Waals surface area (Å²) in [4.78, 5) is 3.94. The molecule has 0 atom stereocenters. The van der Waals surface area contributed by atoms with Crippen molar-refractivity contribution in [2.75, 3.05) is 11.1 Å². The van der Waals surface area contributed by atoms with Crippen molar-refractivity contribution < 1.29 is 9.15 Å². The zero-order chi connectivity index (χ0) is 10.7. The van der Waals surface area contributed by atoms with Crippen LogP contribution in [0.5, 0.6) is 0 Å². The van der Waals surface area contributed by atoms with Gasteiger partial charge in [0.15, 0.2) is 5.82 Å². The molecular formula is C9H10N4O2. The van der Waals surface area contributed by atoms with Gasteiger partial charge in [-0.15, -0.1) is 0 Å². The van der Waals surface area contributed by atoms with Gasteiger partial charge >= 0.3 is 0 Å². The molecule has 0 aliphatic rings. The maximum absolute atomic E-state index is 11.1. The van der Waals surface area contributed by atoms with Gasteiger partial charge in [0.05, 0.1) is 12.8 Å². The topological polar surface area (TPSA) is 91.0 Å². The van der Waals surface area contributed by atoms with Crippen LogP contribution in [0.1, 0.15) is 5.76 Å². The van der Waals surface area contributed by atoms with E-state index in [4.69, 9.17) is 10.2 Å². The van der Waals surface area contributed by atoms with Crippen LogP contribution in [0.15, 0.2) is 35.2 Å². The molecule has 78 valence electrons. The van der Waals surface area contributed by atoms with Crippen molar-refractivity contribution in [3.63, 3.8) is 0 Å². The third-order valence-electron chi connectivity index (χ3n) is 1.85. The molecule has 0 spiro atoms. The first-order chi connectivity index (χ1) is 7.25. The molecule has 3 N–H and O–H groups in total. The molecule has 0 aromatic carbocycles. The number of rotatable bonds is 3. The van der Waals surface area contributed by atoms with E-state index in [-0.39, 0.29) is 5.82 Å². The number of anilines is 2. The molecule has 2 rings (SSSR count). The fourth-order valence-electron chi connectivity index (χ4n) is 1.09. The van der Waals surface area contributed by atoms with E-state index in [0.29, 0.717) is 17.1 Å². The van der Waals surface area contributed by atoms with E-state index in [1.807, 2.05) is 6.07 Å². The average molecular weight is 206 g/mol. The van der Waals surface area contributed by atoms with Crippen molar-refractivity contribution in [3.8, 4) is 0 Å². The third kappa shape index (κ3) is 2.16. The standard InChI is InChI=1S/C9H10N4O2/c10-8-5-12-9(6-13(8)14)11-4-7-2-1-3-15-7/h1-3,5-6H,4,10H2,(H,11,12). The lowest BCUT2D eigenvalue weighted by Crippen LogP contribution is -2.30. The summed E-state index contributed by atoms with van der Waals surface area (Å²) in [6.45, 7) is 0.476. The molecule has 0 amide bonds. The number of nitrogen functional groups attached to an aromatic ring is 1. The Hall–Kier alpha value is -2.24. The fourth-order valence-corrected chi connectivity index (χ4v) is 1.09. The molecule has 0 radical (unpaired) electrons. The van der Waals surface area contributed by atoms with Crippen molar-refractivity contribution in [1.29, 1.82) is 0 Å². The number of nitrogens with zero attached hydrogens (tertiary/aromatic N) is 2. The summed E-state index contributed by atoms with van der Waals surface area (Å²) in [5, 5.41) is 14.0. The number of furan rings is 1. The van der Waals surface area contributed by atoms with Crippen molar-refractivity contribution >= 4 is 11.6 Å². The SMILES string of the molecule is Nc1cnc(NCc2ccco2)c[n+]1[O-]. The van der Waals surface area contributed by atoms with Gasteiger partial charge in [0, 0.05) is 0 Å². The first-order valence-corrected chi connectivity index (χ1v) is 4.36. The minimum absolute atomic E-state index is 0.0681. The second kappa shape index (κ2) is 3.87. The highest BCUT2D eigenvalue weighted by Gasteiger charge is 2.01. The highest BCUT2D eigenvalue weighted by Crippen LogP contribution is 2.05. The maximum Gasteiger partial charge on any atom is 0.294 e. The van der Waals surface area contributed by atoms with Crippen LogP contribution in [0.4, 0.5) is 11.6 Å². The van der Waals surface area contributed by atoms with Crippen molar-refractivity contribution in [3.05, 3.63) is 41.8 Å². The van der Waals surface area contributed by atoms with Gasteiger partial charge in [-0.05, 0) is 12.1 Å². The van der Waals surface area contributed by atoms with Gasteiger partial charge in [0.2, 0.25) is 0 Å². The van der Waals surface area contributed by atoms with Crippen molar-refractivity contribution in [2.24, 2.45) is 0 Å². The normalized spacial score (nSPS) is 10.1. The summed E-state index contributed by atoms with van der Waals surface area (Å²) in [5.74, 6) is 1.29. The van der Waals surface area contributed by atoms with Gasteiger partial charge in [-0.3, -0.25) is 5.73 Å². The minimum atomic E-state index is 0.0681. The van der Waals surface area contributed by atoms with Gasteiger partial charge < -0.3 is 14.9 Å². The molecule has 2 heterocycles. The average Bonchev–Trinajstić information content (AvgIpc) is 2.73. The summed E-state index contributed by atoms with van der Waals surface area (Å²) in [7, 11) is 0. The Morgan fingerprint density at radius 2 is 2.47 bits per heavy atom. The van der Waals surface area contributed by atoms with E-state index in [2.05, 4.69) is 10.3 Å². The molecule has 0 unspecified atom stereocenters. The Labute approximate surface area is 85.9 Å². The van der Waals surface area contributed by atoms with E-state index in [0.717, 1.165) is 5.76 Å². The monoisotopic (exact) mass is 206 g/mol. The summed E-state index contributed by atoms with van der Waals surface area (Å²) in [6, 6.07) is 3.62. The van der Waals surface area contributed by atoms with Crippen molar-refractivity contribution in [2.45, 2.75) is 6.54 Å². The predicted molar refractivity (Wildman–Crippen MR) is 53.6 cm³/mol. The molecule has 0 bridgehead atoms. The van der Waals surface area contributed by atoms with Crippen LogP contribution < -0.4 is 15.8 Å². The molecular weight excluding hydrogens is 196 g/mol. The van der Waals surface area contributed by atoms with Crippen LogP contribution in [0, 0.1) is 5.21 Å². The van der Waals surface area contributed by atoms with Crippen LogP contribution in [0.3, 0.4) is 0 Å². The molecule has 6 nitrogen and oxygen atoms in total. The van der Waals surface area contributed by atoms with Crippen LogP contribution in [-0.2, 0) is 6.54 Å². The molecule has 0 saturated heterocycles. The van der Waals surface area contributed by atoms with E-state index >= 15 is 0 Å². The number of hydrogen-bond acceptors (Lipinski definition) is 5. The zero-order valence-corrected chi connectivity index (χ0v) is 7.88. The fraction of sp³-hybridized carbons (Fsp3) is 0.111. The van der Waals surface area contributed by atoms with E-state index in [1.165, 1.54) is 12.4 Å². The smallest absolute Gasteiger partial charge is 0.294 e. The lowest BCUT2D eigenvalue weighted by atomic mass is 10.4. The third-order valence-corrected chi connectivity index (χ3v) is 1.85. The summed E-state index contributed by atoms with van der Waals surface area (Å²) in [6.07, 6.45) is 4.16. The summed E-state index contributed by atoms with van der Waals surface area (Å²) >= 11 is 0. The van der Waals surface area contributed by atoms with E-state index in [1.54, 1.807) is 12.3 Å². The summed E-state index contributed by atoms with van der Waals surface area (Å²) in [5.41, 5.74) is 5.32. The first-order valence-electron chi connectivity index (χ1n) is 4.36. The predicted octanol–water partition coefficient (Wildman–Crippen LogP) is 0.502. The van der Waals surface area contributed by atoms with Crippen molar-refractivity contribution in [1.82, 2.24) is 4.98 Å². The lowest BCUT2D eigenvalue weighted by molar-refractivity contribution is -0.589. The minimum Gasteiger partial charge on any atom is -0.710 e. The summed E-state index contributed by atoms with van der Waals surface area (Å²) < 4.78 is 5.66. The molecule has 0 saturated carbocycles. The zero-order valence-electron chi connectivity index (χ0n) is 7.88. The van der Waals surface area contributed by atoms with Gasteiger partial charge in [-0.2, -0.15) is 0 Å². The Kier molecular flexibility index (Phi) is 2.40. The second-order valence-electron chi connectivity index (χ2n) is 2.96. The van der Waals surface area contributed by atoms with Crippen LogP contribution in [-0.4, -0.2) is 4.98 Å². The van der Waals surface area contributed by atoms with E-state index < -0.39 is 0 Å².